The van der Waals surface area contributed by atoms with Crippen LogP contribution in [0.4, 0.5) is 10.8 Å². The Morgan fingerprint density at radius 1 is 1.11 bits per heavy atom. The highest BCUT2D eigenvalue weighted by Crippen LogP contribution is 2.19. The molecule has 0 unspecified atom stereocenters. The third-order valence-electron chi connectivity index (χ3n) is 4.31. The first-order valence-electron chi connectivity index (χ1n) is 8.73. The van der Waals surface area contributed by atoms with Crippen LogP contribution in [0.1, 0.15) is 31.2 Å². The second-order valence-electron chi connectivity index (χ2n) is 6.78. The van der Waals surface area contributed by atoms with Crippen LogP contribution in [0.25, 0.3) is 0 Å². The second kappa shape index (κ2) is 7.55. The van der Waals surface area contributed by atoms with Crippen LogP contribution in [0.5, 0.6) is 0 Å². The Bertz CT molecular complexity index is 900. The Labute approximate surface area is 158 Å². The fourth-order valence-corrected chi connectivity index (χ4v) is 3.62. The number of anilines is 1. The van der Waals surface area contributed by atoms with Crippen LogP contribution in [-0.2, 0) is 10.0 Å². The topological polar surface area (TPSA) is 109 Å². The van der Waals surface area contributed by atoms with Gasteiger partial charge < -0.3 is 14.2 Å². The van der Waals surface area contributed by atoms with Crippen LogP contribution in [0.2, 0.25) is 0 Å². The number of aromatic nitrogens is 2. The van der Waals surface area contributed by atoms with Crippen molar-refractivity contribution in [1.82, 2.24) is 19.8 Å². The van der Waals surface area contributed by atoms with E-state index in [1.165, 1.54) is 17.0 Å². The predicted octanol–water partition coefficient (Wildman–Crippen LogP) is 1.72. The van der Waals surface area contributed by atoms with E-state index in [4.69, 9.17) is 4.42 Å². The first-order chi connectivity index (χ1) is 12.8. The minimum atomic E-state index is -3.89. The summed E-state index contributed by atoms with van der Waals surface area (Å²) in [4.78, 5) is 15.8. The lowest BCUT2D eigenvalue weighted by Crippen LogP contribution is -2.52. The van der Waals surface area contributed by atoms with Crippen molar-refractivity contribution in [3.05, 3.63) is 35.7 Å². The minimum absolute atomic E-state index is 0.0622. The fraction of sp³-hybridized carbons (Fsp3) is 0.471. The third-order valence-corrected chi connectivity index (χ3v) is 5.65. The van der Waals surface area contributed by atoms with Crippen LogP contribution >= 0.6 is 0 Å². The molecule has 27 heavy (non-hydrogen) atoms. The molecular weight excluding hydrogens is 370 g/mol. The Balaban J connectivity index is 1.58. The number of nitrogens with one attached hydrogen (secondary N) is 1. The van der Waals surface area contributed by atoms with Gasteiger partial charge in [0.25, 0.3) is 10.0 Å². The zero-order valence-electron chi connectivity index (χ0n) is 15.5. The van der Waals surface area contributed by atoms with Crippen molar-refractivity contribution in [3.63, 3.8) is 0 Å². The number of hydrogen-bond donors (Lipinski definition) is 1. The molecule has 3 rings (SSSR count). The molecule has 0 spiro atoms. The highest BCUT2D eigenvalue weighted by Gasteiger charge is 2.27. The molecule has 2 aromatic rings. The first-order valence-corrected chi connectivity index (χ1v) is 10.2. The smallest absolute Gasteiger partial charge is 0.331 e. The SMILES string of the molecule is Cc1ccc(S(=O)(=O)NC(=O)N2CCN(c3nnc(C(C)C)o3)CC2)cc1. The molecule has 1 saturated heterocycles. The molecule has 1 aliphatic heterocycles. The van der Waals surface area contributed by atoms with Gasteiger partial charge in [-0.05, 0) is 19.1 Å². The summed E-state index contributed by atoms with van der Waals surface area (Å²) >= 11 is 0. The molecule has 0 radical (unpaired) electrons. The molecular formula is C17H23N5O4S. The zero-order valence-corrected chi connectivity index (χ0v) is 16.4. The number of hydrogen-bond acceptors (Lipinski definition) is 7. The molecule has 2 heterocycles. The Hall–Kier alpha value is -2.62. The number of amides is 2. The lowest BCUT2D eigenvalue weighted by Gasteiger charge is -2.33. The predicted molar refractivity (Wildman–Crippen MR) is 99.1 cm³/mol. The highest BCUT2D eigenvalue weighted by molar-refractivity contribution is 7.90. The number of carbonyl (C=O) groups is 1. The van der Waals surface area contributed by atoms with E-state index in [2.05, 4.69) is 14.9 Å². The van der Waals surface area contributed by atoms with E-state index in [1.807, 2.05) is 25.7 Å². The van der Waals surface area contributed by atoms with Gasteiger partial charge in [-0.3, -0.25) is 0 Å². The standard InChI is InChI=1S/C17H23N5O4S/c1-12(2)15-18-19-17(26-15)22-10-8-21(9-11-22)16(23)20-27(24,25)14-6-4-13(3)5-7-14/h4-7,12H,8-11H2,1-3H3,(H,20,23). The summed E-state index contributed by atoms with van der Waals surface area (Å²) in [6.07, 6.45) is 0. The van der Waals surface area contributed by atoms with E-state index in [0.29, 0.717) is 38.1 Å². The molecule has 9 nitrogen and oxygen atoms in total. The quantitative estimate of drug-likeness (QED) is 0.842. The molecule has 1 aromatic heterocycles. The van der Waals surface area contributed by atoms with E-state index < -0.39 is 16.1 Å². The summed E-state index contributed by atoms with van der Waals surface area (Å²) in [5.41, 5.74) is 0.943. The van der Waals surface area contributed by atoms with Crippen LogP contribution in [0.3, 0.4) is 0 Å². The van der Waals surface area contributed by atoms with Gasteiger partial charge in [-0.25, -0.2) is 17.9 Å². The van der Waals surface area contributed by atoms with Crippen LogP contribution in [0.15, 0.2) is 33.6 Å². The number of carbonyl (C=O) groups excluding carboxylic acids is 1. The normalized spacial score (nSPS) is 15.3. The lowest BCUT2D eigenvalue weighted by molar-refractivity contribution is 0.199. The minimum Gasteiger partial charge on any atom is -0.408 e. The van der Waals surface area contributed by atoms with Gasteiger partial charge in [0, 0.05) is 32.1 Å². The van der Waals surface area contributed by atoms with E-state index >= 15 is 0 Å². The maximum atomic E-state index is 12.4. The summed E-state index contributed by atoms with van der Waals surface area (Å²) in [6.45, 7) is 7.48. The number of piperazine rings is 1. The molecule has 0 saturated carbocycles. The monoisotopic (exact) mass is 393 g/mol. The van der Waals surface area contributed by atoms with Crippen molar-refractivity contribution in [3.8, 4) is 0 Å². The molecule has 0 bridgehead atoms. The number of urea groups is 1. The van der Waals surface area contributed by atoms with Gasteiger partial charge in [0.2, 0.25) is 5.89 Å². The van der Waals surface area contributed by atoms with Gasteiger partial charge in [0.1, 0.15) is 0 Å². The van der Waals surface area contributed by atoms with Crippen LogP contribution in [0, 0.1) is 6.92 Å². The van der Waals surface area contributed by atoms with Crippen molar-refractivity contribution in [2.24, 2.45) is 0 Å². The molecule has 0 atom stereocenters. The second-order valence-corrected chi connectivity index (χ2v) is 8.46. The van der Waals surface area contributed by atoms with E-state index in [-0.39, 0.29) is 10.8 Å². The summed E-state index contributed by atoms with van der Waals surface area (Å²) in [6, 6.07) is 6.12. The summed E-state index contributed by atoms with van der Waals surface area (Å²) in [5, 5.41) is 8.03. The van der Waals surface area contributed by atoms with Crippen LogP contribution in [-0.4, -0.2) is 55.7 Å². The number of aryl methyl sites for hydroxylation is 1. The van der Waals surface area contributed by atoms with Gasteiger partial charge in [-0.15, -0.1) is 5.10 Å². The molecule has 1 aromatic carbocycles. The van der Waals surface area contributed by atoms with E-state index in [0.717, 1.165) is 5.56 Å². The molecule has 1 fully saturated rings. The summed E-state index contributed by atoms with van der Waals surface area (Å²) in [7, 11) is -3.89. The molecule has 1 N–H and O–H groups in total. The van der Waals surface area contributed by atoms with E-state index in [9.17, 15) is 13.2 Å². The van der Waals surface area contributed by atoms with Gasteiger partial charge in [-0.1, -0.05) is 36.6 Å². The Kier molecular flexibility index (Phi) is 5.36. The molecule has 2 amide bonds. The summed E-state index contributed by atoms with van der Waals surface area (Å²) < 4.78 is 32.4. The first kappa shape index (κ1) is 19.2. The van der Waals surface area contributed by atoms with Crippen molar-refractivity contribution in [2.45, 2.75) is 31.6 Å². The zero-order chi connectivity index (χ0) is 19.6. The van der Waals surface area contributed by atoms with Crippen molar-refractivity contribution < 1.29 is 17.6 Å². The van der Waals surface area contributed by atoms with E-state index in [1.54, 1.807) is 12.1 Å². The average molecular weight is 393 g/mol. The third kappa shape index (κ3) is 4.38. The molecule has 10 heteroatoms. The Morgan fingerprint density at radius 3 is 2.30 bits per heavy atom. The molecule has 146 valence electrons. The van der Waals surface area contributed by atoms with Crippen molar-refractivity contribution in [1.29, 1.82) is 0 Å². The molecule has 1 aliphatic rings. The van der Waals surface area contributed by atoms with Gasteiger partial charge >= 0.3 is 12.0 Å². The maximum absolute atomic E-state index is 12.4. The number of benzene rings is 1. The summed E-state index contributed by atoms with van der Waals surface area (Å²) in [5.74, 6) is 0.708. The lowest BCUT2D eigenvalue weighted by atomic mass is 10.2. The van der Waals surface area contributed by atoms with Gasteiger partial charge in [-0.2, -0.15) is 0 Å². The van der Waals surface area contributed by atoms with Crippen LogP contribution < -0.4 is 9.62 Å². The number of sulfonamides is 1. The Morgan fingerprint density at radius 2 is 1.74 bits per heavy atom. The number of rotatable bonds is 4. The van der Waals surface area contributed by atoms with Crippen molar-refractivity contribution in [2.75, 3.05) is 31.1 Å². The average Bonchev–Trinajstić information content (AvgIpc) is 3.12. The fourth-order valence-electron chi connectivity index (χ4n) is 2.64. The largest absolute Gasteiger partial charge is 0.408 e. The van der Waals surface area contributed by atoms with Gasteiger partial charge in [0.05, 0.1) is 4.90 Å². The molecule has 0 aliphatic carbocycles. The number of nitrogens with zero attached hydrogens (tertiary/aromatic N) is 4. The highest BCUT2D eigenvalue weighted by atomic mass is 32.2. The van der Waals surface area contributed by atoms with Crippen molar-refractivity contribution >= 4 is 22.1 Å². The van der Waals surface area contributed by atoms with Gasteiger partial charge in [0.15, 0.2) is 0 Å². The maximum Gasteiger partial charge on any atom is 0.331 e.